The van der Waals surface area contributed by atoms with Gasteiger partial charge in [-0.1, -0.05) is 132 Å². The van der Waals surface area contributed by atoms with E-state index in [1.54, 1.807) is 18.9 Å². The Morgan fingerprint density at radius 2 is 1.52 bits per heavy atom. The summed E-state index contributed by atoms with van der Waals surface area (Å²) in [4.78, 5) is 0. The van der Waals surface area contributed by atoms with Gasteiger partial charge in [0.15, 0.2) is 16.6 Å². The summed E-state index contributed by atoms with van der Waals surface area (Å²) >= 11 is 1.62. The van der Waals surface area contributed by atoms with Crippen LogP contribution in [0.1, 0.15) is 120 Å². The molecule has 8 nitrogen and oxygen atoms in total. The Hall–Kier alpha value is -1.33. The molecule has 1 aliphatic rings. The van der Waals surface area contributed by atoms with Crippen LogP contribution in [0, 0.1) is 17.3 Å². The molecular weight excluding hydrogens is 873 g/mol. The molecule has 2 aromatic carbocycles. The van der Waals surface area contributed by atoms with Crippen LogP contribution in [0.3, 0.4) is 0 Å². The fraction of sp³-hybridized carbons (Fsp3) is 0.731. The van der Waals surface area contributed by atoms with Crippen LogP contribution < -0.4 is 4.74 Å². The minimum absolute atomic E-state index is 0.0524. The summed E-state index contributed by atoms with van der Waals surface area (Å²) in [6, 6.07) is 18.3. The molecule has 2 aromatic rings. The van der Waals surface area contributed by atoms with E-state index in [-0.39, 0.29) is 52.4 Å². The van der Waals surface area contributed by atoms with E-state index in [0.29, 0.717) is 50.6 Å². The Bertz CT molecular complexity index is 1710. The Labute approximate surface area is 399 Å². The van der Waals surface area contributed by atoms with Gasteiger partial charge < -0.3 is 32.9 Å². The number of hydrogen-bond donors (Lipinski definition) is 1. The van der Waals surface area contributed by atoms with Crippen molar-refractivity contribution in [1.29, 1.82) is 0 Å². The second kappa shape index (κ2) is 24.3. The van der Waals surface area contributed by atoms with Crippen molar-refractivity contribution >= 4 is 39.2 Å². The Morgan fingerprint density at radius 3 is 2.05 bits per heavy atom. The number of methoxy groups -OCH3 is 1. The highest BCUT2D eigenvalue weighted by atomic mass is 32.2. The summed E-state index contributed by atoms with van der Waals surface area (Å²) in [5.74, 6) is 1.76. The van der Waals surface area contributed by atoms with E-state index in [1.807, 2.05) is 55.5 Å². The molecule has 64 heavy (non-hydrogen) atoms. The lowest BCUT2D eigenvalue weighted by atomic mass is 9.76. The minimum atomic E-state index is -2.34. The molecule has 0 bridgehead atoms. The van der Waals surface area contributed by atoms with Gasteiger partial charge in [-0.05, 0) is 84.0 Å². The van der Waals surface area contributed by atoms with E-state index >= 15 is 0 Å². The fourth-order valence-corrected chi connectivity index (χ4v) is 14.5. The first kappa shape index (κ1) is 57.0. The molecule has 0 aliphatic carbocycles. The SMILES string of the molecule is C=C[C@@H](OCc1ccc(OC)cc1)C(C)(C)[C@@H](C[C@@H](C)C(O)C(C[C@@H]1C[C@H](OCc2ccccc2)[C@@H](C)[C@H](CCO[Si](C)(C)C(C)(C)C)O1)(SCC)S(=O)CC)O[Si](C)(C)C(C)(C)C. The Morgan fingerprint density at radius 1 is 0.922 bits per heavy atom. The monoisotopic (exact) mass is 963 g/mol. The average molecular weight is 964 g/mol. The quantitative estimate of drug-likeness (QED) is 0.0731. The maximum absolute atomic E-state index is 14.8. The first-order chi connectivity index (χ1) is 29.7. The summed E-state index contributed by atoms with van der Waals surface area (Å²) in [6.07, 6.45) is 2.21. The van der Waals surface area contributed by atoms with E-state index in [1.165, 1.54) is 0 Å². The van der Waals surface area contributed by atoms with Crippen LogP contribution in [0.25, 0.3) is 0 Å². The molecule has 0 spiro atoms. The number of aliphatic hydroxyl groups excluding tert-OH is 1. The third kappa shape index (κ3) is 15.1. The molecule has 1 saturated heterocycles. The predicted molar refractivity (Wildman–Crippen MR) is 277 cm³/mol. The van der Waals surface area contributed by atoms with Crippen LogP contribution in [-0.4, -0.2) is 91.9 Å². The van der Waals surface area contributed by atoms with E-state index in [4.69, 9.17) is 27.8 Å². The van der Waals surface area contributed by atoms with Crippen molar-refractivity contribution in [2.24, 2.45) is 17.3 Å². The van der Waals surface area contributed by atoms with Crippen LogP contribution in [0.5, 0.6) is 5.75 Å². The number of hydrogen-bond acceptors (Lipinski definition) is 9. The second-order valence-corrected chi connectivity index (χ2v) is 35.3. The van der Waals surface area contributed by atoms with Crippen molar-refractivity contribution in [1.82, 2.24) is 0 Å². The molecule has 12 heteroatoms. The van der Waals surface area contributed by atoms with Crippen molar-refractivity contribution in [2.45, 2.75) is 199 Å². The normalized spacial score (nSPS) is 22.5. The summed E-state index contributed by atoms with van der Waals surface area (Å²) in [7, 11) is -4.03. The standard InChI is InChI=1S/C52H90O8S2Si2/c1-19-46(57-37-41-27-29-42(55-14)30-28-41)51(12,13)47(60-64(17,18)50(9,10)11)33-38(4)48(53)52(61-20-2,62(54)21-3)35-43-34-45(56-36-40-25-23-22-24-26-40)39(5)44(59-43)31-32-58-63(15,16)49(6,7)8/h19,22-30,38-39,43-48,53H,1,20-21,31-37H2,2-18H3/t38-,39+,43+,44+,45+,46-,47-,48?,52?,62?/m1/s1. The van der Waals surface area contributed by atoms with E-state index < -0.39 is 43.0 Å². The highest BCUT2D eigenvalue weighted by Crippen LogP contribution is 2.48. The molecule has 366 valence electrons. The molecule has 3 rings (SSSR count). The Kier molecular flexibility index (Phi) is 21.6. The van der Waals surface area contributed by atoms with Crippen LogP contribution in [0.4, 0.5) is 0 Å². The van der Waals surface area contributed by atoms with Crippen LogP contribution in [0.2, 0.25) is 36.3 Å². The fourth-order valence-electron chi connectivity index (χ4n) is 8.22. The van der Waals surface area contributed by atoms with Crippen molar-refractivity contribution in [3.63, 3.8) is 0 Å². The van der Waals surface area contributed by atoms with Gasteiger partial charge in [0.25, 0.3) is 0 Å². The lowest BCUT2D eigenvalue weighted by molar-refractivity contribution is -0.160. The minimum Gasteiger partial charge on any atom is -0.497 e. The first-order valence-electron chi connectivity index (χ1n) is 23.9. The third-order valence-electron chi connectivity index (χ3n) is 14.7. The van der Waals surface area contributed by atoms with Crippen molar-refractivity contribution in [3.8, 4) is 5.75 Å². The molecule has 0 saturated carbocycles. The van der Waals surface area contributed by atoms with E-state index in [0.717, 1.165) is 23.3 Å². The lowest BCUT2D eigenvalue weighted by Crippen LogP contribution is -2.55. The number of thioether (sulfide) groups is 1. The second-order valence-electron chi connectivity index (χ2n) is 21.9. The highest BCUT2D eigenvalue weighted by Gasteiger charge is 2.52. The maximum Gasteiger partial charge on any atom is 0.192 e. The van der Waals surface area contributed by atoms with Crippen molar-refractivity contribution < 1.29 is 37.1 Å². The van der Waals surface area contributed by atoms with E-state index in [2.05, 4.69) is 121 Å². The maximum atomic E-state index is 14.8. The van der Waals surface area contributed by atoms with Crippen molar-refractivity contribution in [3.05, 3.63) is 78.4 Å². The molecule has 1 N–H and O–H groups in total. The molecule has 0 amide bonds. The summed E-state index contributed by atoms with van der Waals surface area (Å²) < 4.78 is 53.8. The zero-order valence-corrected chi connectivity index (χ0v) is 46.7. The molecule has 10 atom stereocenters. The topological polar surface area (TPSA) is 92.7 Å². The number of ether oxygens (including phenoxy) is 4. The van der Waals surface area contributed by atoms with Crippen LogP contribution in [-0.2, 0) is 47.1 Å². The molecule has 1 heterocycles. The number of rotatable bonds is 26. The van der Waals surface area contributed by atoms with Gasteiger partial charge in [-0.15, -0.1) is 18.3 Å². The molecular formula is C52H90O8S2Si2. The summed E-state index contributed by atoms with van der Waals surface area (Å²) in [6.45, 7) is 41.3. The molecule has 0 radical (unpaired) electrons. The summed E-state index contributed by atoms with van der Waals surface area (Å²) in [5.41, 5.74) is 1.63. The van der Waals surface area contributed by atoms with Gasteiger partial charge in [-0.25, -0.2) is 0 Å². The third-order valence-corrected chi connectivity index (χ3v) is 27.6. The Balaban J connectivity index is 2.01. The lowest BCUT2D eigenvalue weighted by Gasteiger charge is -2.49. The van der Waals surface area contributed by atoms with Gasteiger partial charge in [0.1, 0.15) is 9.83 Å². The van der Waals surface area contributed by atoms with Gasteiger partial charge in [-0.3, -0.25) is 4.21 Å². The average Bonchev–Trinajstić information content (AvgIpc) is 3.22. The molecule has 0 aromatic heterocycles. The number of aliphatic hydroxyl groups is 1. The van der Waals surface area contributed by atoms with Gasteiger partial charge in [-0.2, -0.15) is 0 Å². The van der Waals surface area contributed by atoms with Gasteiger partial charge in [0, 0.05) is 47.3 Å². The zero-order valence-electron chi connectivity index (χ0n) is 43.1. The van der Waals surface area contributed by atoms with Gasteiger partial charge in [0.2, 0.25) is 0 Å². The van der Waals surface area contributed by atoms with Crippen molar-refractivity contribution in [2.75, 3.05) is 25.2 Å². The van der Waals surface area contributed by atoms with Gasteiger partial charge in [0.05, 0.1) is 56.9 Å². The smallest absolute Gasteiger partial charge is 0.192 e. The molecule has 1 fully saturated rings. The number of benzene rings is 2. The van der Waals surface area contributed by atoms with Gasteiger partial charge >= 0.3 is 0 Å². The van der Waals surface area contributed by atoms with Crippen LogP contribution in [0.15, 0.2) is 67.3 Å². The highest BCUT2D eigenvalue weighted by molar-refractivity contribution is 8.12. The van der Waals surface area contributed by atoms with E-state index in [9.17, 15) is 9.32 Å². The molecule has 1 aliphatic heterocycles. The summed E-state index contributed by atoms with van der Waals surface area (Å²) in [5, 5.41) is 13.0. The first-order valence-corrected chi connectivity index (χ1v) is 32.0. The largest absolute Gasteiger partial charge is 0.497 e. The van der Waals surface area contributed by atoms with Crippen LogP contribution >= 0.6 is 11.8 Å². The predicted octanol–water partition coefficient (Wildman–Crippen LogP) is 13.0. The zero-order chi connectivity index (χ0) is 48.3. The molecule has 3 unspecified atom stereocenters.